The molecule has 1 rings (SSSR count). The monoisotopic (exact) mass is 289 g/mol. The number of hydrogen-bond acceptors (Lipinski definition) is 2. The Morgan fingerprint density at radius 3 is 2.14 bits per heavy atom. The lowest BCUT2D eigenvalue weighted by molar-refractivity contribution is -0.121. The van der Waals surface area contributed by atoms with Gasteiger partial charge in [-0.05, 0) is 36.3 Å². The van der Waals surface area contributed by atoms with Crippen LogP contribution >= 0.6 is 0 Å². The van der Waals surface area contributed by atoms with Crippen LogP contribution in [-0.2, 0) is 16.6 Å². The van der Waals surface area contributed by atoms with Gasteiger partial charge in [0.25, 0.3) is 0 Å². The standard InChI is InChI=1S/C19H31NO/c1-14(7-6-8-15(2)20)18(21)13-16-9-11-17(12-10-16)19(3,4)5/h9-12,14-15H,6-8,13,20H2,1-5H3. The summed E-state index contributed by atoms with van der Waals surface area (Å²) in [6.07, 6.45) is 3.52. The molecule has 21 heavy (non-hydrogen) atoms. The number of benzene rings is 1. The van der Waals surface area contributed by atoms with Crippen molar-refractivity contribution in [1.82, 2.24) is 0 Å². The second-order valence-corrected chi connectivity index (χ2v) is 7.40. The smallest absolute Gasteiger partial charge is 0.140 e. The molecular formula is C19H31NO. The van der Waals surface area contributed by atoms with Crippen molar-refractivity contribution < 1.29 is 4.79 Å². The van der Waals surface area contributed by atoms with Crippen LogP contribution in [0.15, 0.2) is 24.3 Å². The molecular weight excluding hydrogens is 258 g/mol. The van der Waals surface area contributed by atoms with Gasteiger partial charge in [0, 0.05) is 18.4 Å². The van der Waals surface area contributed by atoms with Crippen LogP contribution in [0.5, 0.6) is 0 Å². The molecule has 2 unspecified atom stereocenters. The van der Waals surface area contributed by atoms with Crippen LogP contribution in [0, 0.1) is 5.92 Å². The molecule has 1 aromatic rings. The SMILES string of the molecule is CC(N)CCCC(C)C(=O)Cc1ccc(C(C)(C)C)cc1. The normalized spacial score (nSPS) is 14.8. The Kier molecular flexibility index (Phi) is 6.60. The van der Waals surface area contributed by atoms with Crippen molar-refractivity contribution in [2.75, 3.05) is 0 Å². The van der Waals surface area contributed by atoms with Gasteiger partial charge in [0.2, 0.25) is 0 Å². The maximum absolute atomic E-state index is 12.2. The molecule has 0 aliphatic heterocycles. The van der Waals surface area contributed by atoms with Gasteiger partial charge in [0.05, 0.1) is 0 Å². The summed E-state index contributed by atoms with van der Waals surface area (Å²) in [4.78, 5) is 12.2. The predicted molar refractivity (Wildman–Crippen MR) is 90.5 cm³/mol. The number of ketones is 1. The summed E-state index contributed by atoms with van der Waals surface area (Å²) in [5, 5.41) is 0. The summed E-state index contributed by atoms with van der Waals surface area (Å²) in [6, 6.07) is 8.70. The van der Waals surface area contributed by atoms with Gasteiger partial charge in [-0.1, -0.05) is 58.4 Å². The first-order chi connectivity index (χ1) is 9.70. The average molecular weight is 289 g/mol. The first kappa shape index (κ1) is 17.9. The van der Waals surface area contributed by atoms with E-state index in [-0.39, 0.29) is 17.4 Å². The minimum absolute atomic E-state index is 0.131. The van der Waals surface area contributed by atoms with E-state index in [2.05, 4.69) is 45.0 Å². The van der Waals surface area contributed by atoms with E-state index < -0.39 is 0 Å². The number of Topliss-reactive ketones (excluding diaryl/α,β-unsaturated/α-hetero) is 1. The Morgan fingerprint density at radius 1 is 1.10 bits per heavy atom. The Bertz CT molecular complexity index is 440. The molecule has 0 saturated heterocycles. The van der Waals surface area contributed by atoms with Gasteiger partial charge >= 0.3 is 0 Å². The summed E-state index contributed by atoms with van der Waals surface area (Å²) in [5.74, 6) is 0.467. The van der Waals surface area contributed by atoms with Crippen LogP contribution < -0.4 is 5.73 Å². The molecule has 1 aromatic carbocycles. The number of nitrogens with two attached hydrogens (primary N) is 1. The van der Waals surface area contributed by atoms with Gasteiger partial charge in [-0.25, -0.2) is 0 Å². The van der Waals surface area contributed by atoms with E-state index in [9.17, 15) is 4.79 Å². The number of carbonyl (C=O) groups is 1. The zero-order valence-electron chi connectivity index (χ0n) is 14.3. The summed E-state index contributed by atoms with van der Waals surface area (Å²) >= 11 is 0. The topological polar surface area (TPSA) is 43.1 Å². The van der Waals surface area contributed by atoms with Crippen molar-refractivity contribution in [1.29, 1.82) is 0 Å². The van der Waals surface area contributed by atoms with E-state index in [0.717, 1.165) is 24.8 Å². The van der Waals surface area contributed by atoms with E-state index in [1.54, 1.807) is 0 Å². The molecule has 0 aliphatic rings. The molecule has 0 aliphatic carbocycles. The fourth-order valence-corrected chi connectivity index (χ4v) is 2.41. The highest BCUT2D eigenvalue weighted by atomic mass is 16.1. The molecule has 0 fully saturated rings. The van der Waals surface area contributed by atoms with Crippen molar-refractivity contribution >= 4 is 5.78 Å². The summed E-state index contributed by atoms with van der Waals surface area (Å²) in [5.41, 5.74) is 8.33. The molecule has 0 radical (unpaired) electrons. The first-order valence-corrected chi connectivity index (χ1v) is 8.08. The van der Waals surface area contributed by atoms with Crippen LogP contribution in [0.2, 0.25) is 0 Å². The minimum atomic E-state index is 0.131. The average Bonchev–Trinajstić information content (AvgIpc) is 2.37. The fourth-order valence-electron chi connectivity index (χ4n) is 2.41. The molecule has 0 spiro atoms. The van der Waals surface area contributed by atoms with Crippen LogP contribution in [0.3, 0.4) is 0 Å². The Morgan fingerprint density at radius 2 is 1.67 bits per heavy atom. The fraction of sp³-hybridized carbons (Fsp3) is 0.632. The Hall–Kier alpha value is -1.15. The third-order valence-electron chi connectivity index (χ3n) is 4.04. The molecule has 0 amide bonds. The minimum Gasteiger partial charge on any atom is -0.328 e. The van der Waals surface area contributed by atoms with Gasteiger partial charge in [-0.15, -0.1) is 0 Å². The van der Waals surface area contributed by atoms with Crippen LogP contribution in [-0.4, -0.2) is 11.8 Å². The van der Waals surface area contributed by atoms with Crippen molar-refractivity contribution in [2.45, 2.75) is 71.8 Å². The highest BCUT2D eigenvalue weighted by Crippen LogP contribution is 2.22. The third-order valence-corrected chi connectivity index (χ3v) is 4.04. The third kappa shape index (κ3) is 6.43. The summed E-state index contributed by atoms with van der Waals surface area (Å²) in [7, 11) is 0. The molecule has 2 nitrogen and oxygen atoms in total. The van der Waals surface area contributed by atoms with Crippen molar-refractivity contribution in [3.05, 3.63) is 35.4 Å². The number of rotatable bonds is 7. The molecule has 0 saturated carbocycles. The molecule has 118 valence electrons. The molecule has 2 heteroatoms. The Balaban J connectivity index is 2.51. The van der Waals surface area contributed by atoms with E-state index >= 15 is 0 Å². The Labute approximate surface area is 130 Å². The quantitative estimate of drug-likeness (QED) is 0.815. The van der Waals surface area contributed by atoms with Gasteiger partial charge in [-0.2, -0.15) is 0 Å². The predicted octanol–water partition coefficient (Wildman–Crippen LogP) is 4.25. The van der Waals surface area contributed by atoms with E-state index in [4.69, 9.17) is 5.73 Å². The van der Waals surface area contributed by atoms with E-state index in [1.165, 1.54) is 5.56 Å². The van der Waals surface area contributed by atoms with Crippen LogP contribution in [0.1, 0.15) is 65.0 Å². The van der Waals surface area contributed by atoms with Crippen LogP contribution in [0.4, 0.5) is 0 Å². The molecule has 0 heterocycles. The lowest BCUT2D eigenvalue weighted by Gasteiger charge is -2.19. The molecule has 2 N–H and O–H groups in total. The lowest BCUT2D eigenvalue weighted by atomic mass is 9.86. The maximum atomic E-state index is 12.2. The summed E-state index contributed by atoms with van der Waals surface area (Å²) < 4.78 is 0. The van der Waals surface area contributed by atoms with Crippen molar-refractivity contribution in [3.63, 3.8) is 0 Å². The second kappa shape index (κ2) is 7.74. The number of carbonyl (C=O) groups excluding carboxylic acids is 1. The molecule has 2 atom stereocenters. The van der Waals surface area contributed by atoms with Gasteiger partial charge < -0.3 is 5.73 Å². The zero-order valence-corrected chi connectivity index (χ0v) is 14.3. The van der Waals surface area contributed by atoms with Gasteiger partial charge in [0.1, 0.15) is 5.78 Å². The lowest BCUT2D eigenvalue weighted by Crippen LogP contribution is -2.17. The van der Waals surface area contributed by atoms with Gasteiger partial charge in [-0.3, -0.25) is 4.79 Å². The van der Waals surface area contributed by atoms with E-state index in [0.29, 0.717) is 12.2 Å². The van der Waals surface area contributed by atoms with Gasteiger partial charge in [0.15, 0.2) is 0 Å². The van der Waals surface area contributed by atoms with E-state index in [1.807, 2.05) is 13.8 Å². The number of hydrogen-bond donors (Lipinski definition) is 1. The maximum Gasteiger partial charge on any atom is 0.140 e. The zero-order chi connectivity index (χ0) is 16.0. The highest BCUT2D eigenvalue weighted by molar-refractivity contribution is 5.82. The van der Waals surface area contributed by atoms with Crippen LogP contribution in [0.25, 0.3) is 0 Å². The second-order valence-electron chi connectivity index (χ2n) is 7.40. The molecule has 0 bridgehead atoms. The van der Waals surface area contributed by atoms with Crippen molar-refractivity contribution in [2.24, 2.45) is 11.7 Å². The van der Waals surface area contributed by atoms with Crippen molar-refractivity contribution in [3.8, 4) is 0 Å². The highest BCUT2D eigenvalue weighted by Gasteiger charge is 2.15. The first-order valence-electron chi connectivity index (χ1n) is 8.08. The molecule has 0 aromatic heterocycles. The largest absolute Gasteiger partial charge is 0.328 e. The summed E-state index contributed by atoms with van der Waals surface area (Å²) in [6.45, 7) is 10.7.